The summed E-state index contributed by atoms with van der Waals surface area (Å²) in [6, 6.07) is 31.9. The number of benzene rings is 3. The molecule has 0 atom stereocenters. The Morgan fingerprint density at radius 2 is 1.72 bits per heavy atom. The number of carbonyl (C=O) groups is 1. The minimum Gasteiger partial charge on any atom is -0.496 e. The molecule has 1 saturated heterocycles. The number of nitrogen functional groups attached to an aromatic ring is 1. The number of methoxy groups -OCH3 is 1. The number of anilines is 1. The van der Waals surface area contributed by atoms with Gasteiger partial charge < -0.3 is 15.2 Å². The summed E-state index contributed by atoms with van der Waals surface area (Å²) in [5, 5.41) is 0. The van der Waals surface area contributed by atoms with Gasteiger partial charge in [-0.1, -0.05) is 42.5 Å². The lowest BCUT2D eigenvalue weighted by Gasteiger charge is -2.32. The molecule has 9 nitrogen and oxygen atoms in total. The fourth-order valence-electron chi connectivity index (χ4n) is 6.01. The SMILES string of the molecule is COc1cc(OC2CCN(Cc3ccc(-n4c(-c5cccnc5N)nc5ccc(-c6ccccc6)nc54)cc3)CC2)ccc1C=O. The van der Waals surface area contributed by atoms with Gasteiger partial charge in [-0.15, -0.1) is 0 Å². The lowest BCUT2D eigenvalue weighted by Crippen LogP contribution is -2.37. The van der Waals surface area contributed by atoms with Crippen molar-refractivity contribution >= 4 is 23.3 Å². The molecule has 3 aromatic carbocycles. The maximum atomic E-state index is 11.2. The van der Waals surface area contributed by atoms with Crippen molar-refractivity contribution in [2.24, 2.45) is 0 Å². The van der Waals surface area contributed by atoms with Crippen molar-refractivity contribution in [1.82, 2.24) is 24.4 Å². The molecule has 6 aromatic rings. The van der Waals surface area contributed by atoms with Gasteiger partial charge in [0, 0.05) is 43.1 Å². The molecule has 230 valence electrons. The molecule has 0 saturated carbocycles. The van der Waals surface area contributed by atoms with Gasteiger partial charge in [-0.2, -0.15) is 0 Å². The molecule has 3 aromatic heterocycles. The number of piperidine rings is 1. The second-order valence-corrected chi connectivity index (χ2v) is 11.4. The molecule has 9 heteroatoms. The molecule has 0 radical (unpaired) electrons. The zero-order chi connectivity index (χ0) is 31.5. The van der Waals surface area contributed by atoms with Gasteiger partial charge in [0.1, 0.15) is 28.9 Å². The Morgan fingerprint density at radius 3 is 2.46 bits per heavy atom. The van der Waals surface area contributed by atoms with Crippen LogP contribution < -0.4 is 15.2 Å². The summed E-state index contributed by atoms with van der Waals surface area (Å²) in [4.78, 5) is 28.0. The van der Waals surface area contributed by atoms with Crippen LogP contribution in [0.3, 0.4) is 0 Å². The number of nitrogens with two attached hydrogens (primary N) is 1. The van der Waals surface area contributed by atoms with Gasteiger partial charge >= 0.3 is 0 Å². The molecular formula is C37H34N6O3. The number of fused-ring (bicyclic) bond motifs is 1. The number of pyridine rings is 2. The van der Waals surface area contributed by atoms with E-state index in [1.807, 2.05) is 48.5 Å². The van der Waals surface area contributed by atoms with Gasteiger partial charge in [-0.25, -0.2) is 15.0 Å². The van der Waals surface area contributed by atoms with Crippen molar-refractivity contribution in [3.8, 4) is 39.8 Å². The Bertz CT molecular complexity index is 1980. The van der Waals surface area contributed by atoms with E-state index in [9.17, 15) is 4.79 Å². The van der Waals surface area contributed by atoms with E-state index in [1.165, 1.54) is 5.56 Å². The van der Waals surface area contributed by atoms with Gasteiger partial charge in [0.25, 0.3) is 0 Å². The van der Waals surface area contributed by atoms with Crippen LogP contribution in [0.2, 0.25) is 0 Å². The summed E-state index contributed by atoms with van der Waals surface area (Å²) in [5.41, 5.74) is 13.2. The lowest BCUT2D eigenvalue weighted by molar-refractivity contribution is 0.0965. The fraction of sp³-hybridized carbons (Fsp3) is 0.189. The van der Waals surface area contributed by atoms with Gasteiger partial charge in [-0.05, 0) is 66.9 Å². The quantitative estimate of drug-likeness (QED) is 0.183. The van der Waals surface area contributed by atoms with Crippen LogP contribution in [0, 0.1) is 0 Å². The van der Waals surface area contributed by atoms with Gasteiger partial charge in [0.2, 0.25) is 0 Å². The first-order valence-corrected chi connectivity index (χ1v) is 15.4. The van der Waals surface area contributed by atoms with Crippen molar-refractivity contribution in [2.45, 2.75) is 25.5 Å². The maximum Gasteiger partial charge on any atom is 0.165 e. The average Bonchev–Trinajstić information content (AvgIpc) is 3.48. The van der Waals surface area contributed by atoms with Crippen molar-refractivity contribution in [1.29, 1.82) is 0 Å². The highest BCUT2D eigenvalue weighted by atomic mass is 16.5. The molecule has 1 fully saturated rings. The molecule has 0 amide bonds. The van der Waals surface area contributed by atoms with Crippen LogP contribution in [-0.2, 0) is 6.54 Å². The third kappa shape index (κ3) is 5.92. The number of hydrogen-bond acceptors (Lipinski definition) is 8. The second-order valence-electron chi connectivity index (χ2n) is 11.4. The third-order valence-corrected chi connectivity index (χ3v) is 8.42. The zero-order valence-electron chi connectivity index (χ0n) is 25.5. The third-order valence-electron chi connectivity index (χ3n) is 8.42. The Kier molecular flexibility index (Phi) is 8.14. The number of nitrogens with zero attached hydrogens (tertiary/aromatic N) is 5. The summed E-state index contributed by atoms with van der Waals surface area (Å²) >= 11 is 0. The van der Waals surface area contributed by atoms with Crippen LogP contribution in [0.1, 0.15) is 28.8 Å². The van der Waals surface area contributed by atoms with Crippen molar-refractivity contribution in [3.63, 3.8) is 0 Å². The minimum atomic E-state index is 0.117. The first-order chi connectivity index (χ1) is 22.6. The van der Waals surface area contributed by atoms with Gasteiger partial charge in [0.05, 0.1) is 23.9 Å². The van der Waals surface area contributed by atoms with Crippen molar-refractivity contribution in [2.75, 3.05) is 25.9 Å². The number of imidazole rings is 1. The average molecular weight is 611 g/mol. The van der Waals surface area contributed by atoms with Crippen LogP contribution in [0.25, 0.3) is 39.5 Å². The van der Waals surface area contributed by atoms with Crippen LogP contribution in [0.5, 0.6) is 11.5 Å². The molecule has 1 aliphatic rings. The molecule has 2 N–H and O–H groups in total. The molecule has 0 spiro atoms. The Labute approximate surface area is 267 Å². The summed E-state index contributed by atoms with van der Waals surface area (Å²) < 4.78 is 13.6. The predicted octanol–water partition coefficient (Wildman–Crippen LogP) is 6.60. The van der Waals surface area contributed by atoms with E-state index >= 15 is 0 Å². The molecule has 46 heavy (non-hydrogen) atoms. The Morgan fingerprint density at radius 1 is 0.913 bits per heavy atom. The van der Waals surface area contributed by atoms with Gasteiger partial charge in [0.15, 0.2) is 17.8 Å². The molecule has 0 unspecified atom stereocenters. The summed E-state index contributed by atoms with van der Waals surface area (Å²) in [6.45, 7) is 2.70. The highest BCUT2D eigenvalue weighted by Gasteiger charge is 2.22. The molecule has 7 rings (SSSR count). The Hall–Kier alpha value is -5.54. The fourth-order valence-corrected chi connectivity index (χ4v) is 6.01. The standard InChI is InChI=1S/C37H34N6O3/c1-45-34-22-30(14-11-27(34)24-44)46-29-17-20-42(21-18-29)23-25-9-12-28(13-10-25)43-36(31-8-5-19-39-35(31)38)41-33-16-15-32(40-37(33)43)26-6-3-2-4-7-26/h2-16,19,22,24,29H,17-18,20-21,23H2,1H3,(H2,38,39). The van der Waals surface area contributed by atoms with E-state index in [2.05, 4.69) is 50.8 Å². The molecule has 1 aliphatic heterocycles. The summed E-state index contributed by atoms with van der Waals surface area (Å²) in [6.07, 6.45) is 4.43. The largest absolute Gasteiger partial charge is 0.496 e. The predicted molar refractivity (Wildman–Crippen MR) is 179 cm³/mol. The highest BCUT2D eigenvalue weighted by Crippen LogP contribution is 2.32. The van der Waals surface area contributed by atoms with Gasteiger partial charge in [-0.3, -0.25) is 14.3 Å². The van der Waals surface area contributed by atoms with E-state index in [0.717, 1.165) is 78.2 Å². The van der Waals surface area contributed by atoms with Crippen LogP contribution in [0.4, 0.5) is 5.82 Å². The Balaban J connectivity index is 1.10. The van der Waals surface area contributed by atoms with E-state index in [-0.39, 0.29) is 6.10 Å². The number of likely N-dealkylation sites (tertiary alicyclic amines) is 1. The molecule has 4 heterocycles. The van der Waals surface area contributed by atoms with Crippen LogP contribution in [0.15, 0.2) is 103 Å². The molecule has 0 aliphatic carbocycles. The van der Waals surface area contributed by atoms with E-state index in [1.54, 1.807) is 25.4 Å². The molecular weight excluding hydrogens is 576 g/mol. The van der Waals surface area contributed by atoms with E-state index in [4.69, 9.17) is 25.2 Å². The van der Waals surface area contributed by atoms with Crippen LogP contribution >= 0.6 is 0 Å². The number of carbonyl (C=O) groups excluding carboxylic acids is 1. The van der Waals surface area contributed by atoms with Crippen LogP contribution in [-0.4, -0.2) is 57.0 Å². The highest BCUT2D eigenvalue weighted by molar-refractivity contribution is 5.84. The van der Waals surface area contributed by atoms with Crippen molar-refractivity contribution in [3.05, 3.63) is 114 Å². The minimum absolute atomic E-state index is 0.117. The summed E-state index contributed by atoms with van der Waals surface area (Å²) in [7, 11) is 1.56. The topological polar surface area (TPSA) is 108 Å². The van der Waals surface area contributed by atoms with E-state index in [0.29, 0.717) is 23.0 Å². The van der Waals surface area contributed by atoms with Crippen molar-refractivity contribution < 1.29 is 14.3 Å². The first kappa shape index (κ1) is 29.2. The first-order valence-electron chi connectivity index (χ1n) is 15.4. The molecule has 0 bridgehead atoms. The number of ether oxygens (including phenoxy) is 2. The lowest BCUT2D eigenvalue weighted by atomic mass is 10.1. The normalized spacial score (nSPS) is 13.9. The number of aldehydes is 1. The number of hydrogen-bond donors (Lipinski definition) is 1. The monoisotopic (exact) mass is 610 g/mol. The smallest absolute Gasteiger partial charge is 0.165 e. The number of rotatable bonds is 9. The van der Waals surface area contributed by atoms with E-state index < -0.39 is 0 Å². The zero-order valence-corrected chi connectivity index (χ0v) is 25.5. The second kappa shape index (κ2) is 12.8. The maximum absolute atomic E-state index is 11.2. The number of aromatic nitrogens is 4. The summed E-state index contributed by atoms with van der Waals surface area (Å²) in [5.74, 6) is 2.37.